The van der Waals surface area contributed by atoms with Crippen LogP contribution >= 0.6 is 35.0 Å². The highest BCUT2D eigenvalue weighted by atomic mass is 35.5. The van der Waals surface area contributed by atoms with Gasteiger partial charge in [0.05, 0.1) is 11.9 Å². The number of fused-ring (bicyclic) bond motifs is 1. The molecule has 1 aromatic carbocycles. The van der Waals surface area contributed by atoms with Crippen LogP contribution in [0, 0.1) is 0 Å². The molecule has 0 aliphatic heterocycles. The summed E-state index contributed by atoms with van der Waals surface area (Å²) in [6.07, 6.45) is -0.138. The minimum atomic E-state index is -0.285. The second-order valence-corrected chi connectivity index (χ2v) is 7.32. The van der Waals surface area contributed by atoms with Gasteiger partial charge in [-0.2, -0.15) is 9.61 Å². The highest BCUT2D eigenvalue weighted by molar-refractivity contribution is 7.99. The molecule has 3 rings (SSSR count). The Labute approximate surface area is 158 Å². The number of ether oxygens (including phenoxy) is 1. The summed E-state index contributed by atoms with van der Waals surface area (Å²) in [5.41, 5.74) is 1.29. The molecule has 0 amide bonds. The number of halogens is 2. The molecule has 2 heterocycles. The molecular weight excluding hydrogens is 383 g/mol. The molecule has 0 saturated heterocycles. The minimum absolute atomic E-state index is 0.138. The highest BCUT2D eigenvalue weighted by Gasteiger charge is 2.13. The van der Waals surface area contributed by atoms with Crippen LogP contribution < -0.4 is 0 Å². The molecule has 0 aliphatic carbocycles. The molecule has 0 bridgehead atoms. The first-order valence-electron chi connectivity index (χ1n) is 7.43. The van der Waals surface area contributed by atoms with Crippen molar-refractivity contribution in [3.05, 3.63) is 40.4 Å². The van der Waals surface area contributed by atoms with Gasteiger partial charge in [0.2, 0.25) is 0 Å². The number of rotatable bonds is 5. The van der Waals surface area contributed by atoms with Gasteiger partial charge in [0.1, 0.15) is 5.03 Å². The van der Waals surface area contributed by atoms with Crippen LogP contribution in [0.25, 0.3) is 17.0 Å². The zero-order valence-corrected chi connectivity index (χ0v) is 15.8. The van der Waals surface area contributed by atoms with Crippen LogP contribution in [-0.4, -0.2) is 37.6 Å². The van der Waals surface area contributed by atoms with Gasteiger partial charge >= 0.3 is 5.97 Å². The first kappa shape index (κ1) is 18.0. The van der Waals surface area contributed by atoms with E-state index in [1.165, 1.54) is 11.8 Å². The number of hydrogen-bond donors (Lipinski definition) is 0. The lowest BCUT2D eigenvalue weighted by Crippen LogP contribution is -2.13. The van der Waals surface area contributed by atoms with E-state index < -0.39 is 0 Å². The molecule has 0 fully saturated rings. The first-order valence-corrected chi connectivity index (χ1v) is 9.18. The van der Waals surface area contributed by atoms with E-state index in [1.54, 1.807) is 34.8 Å². The molecule has 3 aromatic rings. The third kappa shape index (κ3) is 4.42. The van der Waals surface area contributed by atoms with Gasteiger partial charge in [-0.1, -0.05) is 35.0 Å². The number of benzene rings is 1. The molecule has 9 heteroatoms. The van der Waals surface area contributed by atoms with Crippen molar-refractivity contribution in [3.63, 3.8) is 0 Å². The van der Waals surface area contributed by atoms with Gasteiger partial charge in [0, 0.05) is 15.6 Å². The Morgan fingerprint density at radius 1 is 1.20 bits per heavy atom. The van der Waals surface area contributed by atoms with Crippen molar-refractivity contribution in [2.75, 3.05) is 5.75 Å². The van der Waals surface area contributed by atoms with Crippen molar-refractivity contribution in [2.45, 2.75) is 25.0 Å². The average Bonchev–Trinajstić information content (AvgIpc) is 2.94. The van der Waals surface area contributed by atoms with Crippen molar-refractivity contribution in [1.29, 1.82) is 0 Å². The number of esters is 1. The summed E-state index contributed by atoms with van der Waals surface area (Å²) in [4.78, 5) is 11.7. The molecule has 0 aliphatic rings. The molecule has 0 atom stereocenters. The maximum atomic E-state index is 11.7. The maximum absolute atomic E-state index is 11.7. The normalized spacial score (nSPS) is 11.2. The van der Waals surface area contributed by atoms with E-state index >= 15 is 0 Å². The number of nitrogens with zero attached hydrogens (tertiary/aromatic N) is 4. The fraction of sp³-hybridized carbons (Fsp3) is 0.250. The van der Waals surface area contributed by atoms with E-state index in [2.05, 4.69) is 15.3 Å². The van der Waals surface area contributed by atoms with Gasteiger partial charge in [-0.3, -0.25) is 4.79 Å². The number of thioether (sulfide) groups is 1. The number of hydrogen-bond acceptors (Lipinski definition) is 6. The Hall–Kier alpha value is -1.83. The summed E-state index contributed by atoms with van der Waals surface area (Å²) >= 11 is 13.4. The van der Waals surface area contributed by atoms with Gasteiger partial charge in [0.15, 0.2) is 11.5 Å². The van der Waals surface area contributed by atoms with E-state index in [0.29, 0.717) is 32.1 Å². The summed E-state index contributed by atoms with van der Waals surface area (Å²) in [6.45, 7) is 3.62. The first-order chi connectivity index (χ1) is 11.9. The van der Waals surface area contributed by atoms with Crippen molar-refractivity contribution < 1.29 is 9.53 Å². The molecule has 0 N–H and O–H groups in total. The van der Waals surface area contributed by atoms with E-state index in [0.717, 1.165) is 0 Å². The highest BCUT2D eigenvalue weighted by Crippen LogP contribution is 2.26. The van der Waals surface area contributed by atoms with Crippen molar-refractivity contribution in [1.82, 2.24) is 19.8 Å². The number of carbonyl (C=O) groups is 1. The predicted molar refractivity (Wildman–Crippen MR) is 98.2 cm³/mol. The summed E-state index contributed by atoms with van der Waals surface area (Å²) in [7, 11) is 0. The molecule has 130 valence electrons. The Morgan fingerprint density at radius 2 is 1.92 bits per heavy atom. The number of aromatic nitrogens is 4. The lowest BCUT2D eigenvalue weighted by atomic mass is 10.2. The lowest BCUT2D eigenvalue weighted by Gasteiger charge is -2.07. The standard InChI is InChI=1S/C16H14Cl2N4O2S/c1-9(2)24-15(23)8-25-14-4-3-13-19-20-16(22(13)21-14)10-5-11(17)7-12(18)6-10/h3-7,9H,8H2,1-2H3. The maximum Gasteiger partial charge on any atom is 0.316 e. The zero-order valence-electron chi connectivity index (χ0n) is 13.4. The van der Waals surface area contributed by atoms with E-state index in [9.17, 15) is 4.79 Å². The average molecular weight is 397 g/mol. The summed E-state index contributed by atoms with van der Waals surface area (Å²) in [5.74, 6) is 0.413. The SMILES string of the molecule is CC(C)OC(=O)CSc1ccc2nnc(-c3cc(Cl)cc(Cl)c3)n2n1. The smallest absolute Gasteiger partial charge is 0.316 e. The largest absolute Gasteiger partial charge is 0.462 e. The van der Waals surface area contributed by atoms with E-state index in [1.807, 2.05) is 13.8 Å². The Bertz CT molecular complexity index is 909. The van der Waals surface area contributed by atoms with Gasteiger partial charge < -0.3 is 4.74 Å². The fourth-order valence-electron chi connectivity index (χ4n) is 2.14. The Kier molecular flexibility index (Phi) is 5.46. The van der Waals surface area contributed by atoms with Gasteiger partial charge in [0.25, 0.3) is 0 Å². The molecule has 25 heavy (non-hydrogen) atoms. The zero-order chi connectivity index (χ0) is 18.0. The molecular formula is C16H14Cl2N4O2S. The van der Waals surface area contributed by atoms with Crippen LogP contribution in [0.2, 0.25) is 10.0 Å². The van der Waals surface area contributed by atoms with Gasteiger partial charge in [-0.05, 0) is 44.2 Å². The van der Waals surface area contributed by atoms with Crippen molar-refractivity contribution in [3.8, 4) is 11.4 Å². The third-order valence-corrected chi connectivity index (χ3v) is 4.39. The van der Waals surface area contributed by atoms with Crippen molar-refractivity contribution >= 4 is 46.6 Å². The summed E-state index contributed by atoms with van der Waals surface area (Å²) in [6, 6.07) is 8.69. The van der Waals surface area contributed by atoms with Crippen LogP contribution in [0.1, 0.15) is 13.8 Å². The molecule has 0 unspecified atom stereocenters. The molecule has 0 radical (unpaired) electrons. The quantitative estimate of drug-likeness (QED) is 0.476. The molecule has 6 nitrogen and oxygen atoms in total. The fourth-order valence-corrected chi connectivity index (χ4v) is 3.31. The van der Waals surface area contributed by atoms with Crippen LogP contribution in [0.5, 0.6) is 0 Å². The van der Waals surface area contributed by atoms with Gasteiger partial charge in [-0.25, -0.2) is 0 Å². The Morgan fingerprint density at radius 3 is 2.60 bits per heavy atom. The van der Waals surface area contributed by atoms with E-state index in [4.69, 9.17) is 27.9 Å². The topological polar surface area (TPSA) is 69.4 Å². The lowest BCUT2D eigenvalue weighted by molar-refractivity contribution is -0.144. The minimum Gasteiger partial charge on any atom is -0.462 e. The van der Waals surface area contributed by atoms with Crippen LogP contribution in [-0.2, 0) is 9.53 Å². The number of carbonyl (C=O) groups excluding carboxylic acids is 1. The predicted octanol–water partition coefficient (Wildman–Crippen LogP) is 4.14. The Balaban J connectivity index is 1.88. The van der Waals surface area contributed by atoms with Crippen LogP contribution in [0.4, 0.5) is 0 Å². The summed E-state index contributed by atoms with van der Waals surface area (Å²) in [5, 5.41) is 14.4. The van der Waals surface area contributed by atoms with Crippen LogP contribution in [0.15, 0.2) is 35.4 Å². The monoisotopic (exact) mass is 396 g/mol. The van der Waals surface area contributed by atoms with Crippen molar-refractivity contribution in [2.24, 2.45) is 0 Å². The third-order valence-electron chi connectivity index (χ3n) is 3.06. The van der Waals surface area contributed by atoms with Crippen LogP contribution in [0.3, 0.4) is 0 Å². The molecule has 0 saturated carbocycles. The van der Waals surface area contributed by atoms with Gasteiger partial charge in [-0.15, -0.1) is 10.2 Å². The molecule has 0 spiro atoms. The van der Waals surface area contributed by atoms with E-state index in [-0.39, 0.29) is 17.8 Å². The summed E-state index contributed by atoms with van der Waals surface area (Å²) < 4.78 is 6.71. The molecule has 2 aromatic heterocycles. The second kappa shape index (κ2) is 7.59. The second-order valence-electron chi connectivity index (χ2n) is 5.45.